The second kappa shape index (κ2) is 5.43. The van der Waals surface area contributed by atoms with Crippen LogP contribution in [0.3, 0.4) is 0 Å². The third-order valence-electron chi connectivity index (χ3n) is 2.94. The first-order valence-corrected chi connectivity index (χ1v) is 6.07. The van der Waals surface area contributed by atoms with Gasteiger partial charge in [0.15, 0.2) is 0 Å². The number of carboxylic acids is 1. The molecule has 0 saturated carbocycles. The van der Waals surface area contributed by atoms with E-state index in [2.05, 4.69) is 0 Å². The Labute approximate surface area is 114 Å². The minimum Gasteiger partial charge on any atom is -0.481 e. The Kier molecular flexibility index (Phi) is 4.59. The van der Waals surface area contributed by atoms with Crippen molar-refractivity contribution in [1.82, 2.24) is 0 Å². The Morgan fingerprint density at radius 2 is 2.00 bits per heavy atom. The second-order valence-corrected chi connectivity index (χ2v) is 5.01. The van der Waals surface area contributed by atoms with Crippen molar-refractivity contribution in [2.45, 2.75) is 25.9 Å². The van der Waals surface area contributed by atoms with Crippen LogP contribution in [0.2, 0.25) is 10.0 Å². The zero-order valence-electron chi connectivity index (χ0n) is 9.88. The van der Waals surface area contributed by atoms with Gasteiger partial charge in [-0.2, -0.15) is 0 Å². The molecule has 2 N–H and O–H groups in total. The Bertz CT molecular complexity index is 475. The lowest BCUT2D eigenvalue weighted by atomic mass is 9.81. The summed E-state index contributed by atoms with van der Waals surface area (Å²) in [7, 11) is 0. The summed E-state index contributed by atoms with van der Waals surface area (Å²) in [5, 5.41) is 19.3. The van der Waals surface area contributed by atoms with Crippen LogP contribution in [0, 0.1) is 11.7 Å². The summed E-state index contributed by atoms with van der Waals surface area (Å²) in [5.41, 5.74) is -1.76. The molecule has 1 aromatic rings. The van der Waals surface area contributed by atoms with Crippen molar-refractivity contribution in [2.24, 2.45) is 5.92 Å². The first-order chi connectivity index (χ1) is 8.21. The summed E-state index contributed by atoms with van der Waals surface area (Å²) in [4.78, 5) is 11.1. The van der Waals surface area contributed by atoms with Gasteiger partial charge in [-0.1, -0.05) is 30.1 Å². The summed E-state index contributed by atoms with van der Waals surface area (Å²) < 4.78 is 13.4. The van der Waals surface area contributed by atoms with Crippen molar-refractivity contribution in [3.63, 3.8) is 0 Å². The second-order valence-electron chi connectivity index (χ2n) is 4.19. The number of benzene rings is 1. The van der Waals surface area contributed by atoms with E-state index in [1.54, 1.807) is 6.92 Å². The van der Waals surface area contributed by atoms with Crippen molar-refractivity contribution in [2.75, 3.05) is 0 Å². The van der Waals surface area contributed by atoms with Crippen molar-refractivity contribution in [3.8, 4) is 0 Å². The van der Waals surface area contributed by atoms with Gasteiger partial charge in [-0.15, -0.1) is 0 Å². The van der Waals surface area contributed by atoms with Crippen LogP contribution in [-0.4, -0.2) is 16.2 Å². The zero-order chi connectivity index (χ0) is 14.1. The number of halogens is 3. The van der Waals surface area contributed by atoms with Crippen molar-refractivity contribution >= 4 is 29.2 Å². The van der Waals surface area contributed by atoms with E-state index in [9.17, 15) is 14.3 Å². The van der Waals surface area contributed by atoms with Crippen LogP contribution in [0.15, 0.2) is 12.1 Å². The lowest BCUT2D eigenvalue weighted by Gasteiger charge is -2.30. The van der Waals surface area contributed by atoms with Crippen LogP contribution in [0.4, 0.5) is 4.39 Å². The summed E-state index contributed by atoms with van der Waals surface area (Å²) >= 11 is 11.4. The lowest BCUT2D eigenvalue weighted by molar-refractivity contribution is -0.152. The maximum absolute atomic E-state index is 13.4. The molecule has 0 aromatic heterocycles. The van der Waals surface area contributed by atoms with Gasteiger partial charge >= 0.3 is 5.97 Å². The van der Waals surface area contributed by atoms with Crippen molar-refractivity contribution in [3.05, 3.63) is 33.6 Å². The fraction of sp³-hybridized carbons (Fsp3) is 0.417. The van der Waals surface area contributed by atoms with Crippen LogP contribution in [-0.2, 0) is 10.4 Å². The monoisotopic (exact) mass is 294 g/mol. The molecule has 1 rings (SSSR count). The molecule has 2 atom stereocenters. The molecule has 1 aromatic carbocycles. The van der Waals surface area contributed by atoms with E-state index in [4.69, 9.17) is 28.3 Å². The van der Waals surface area contributed by atoms with Gasteiger partial charge in [-0.25, -0.2) is 4.39 Å². The van der Waals surface area contributed by atoms with E-state index in [1.165, 1.54) is 6.92 Å². The van der Waals surface area contributed by atoms with E-state index in [0.29, 0.717) is 0 Å². The molecule has 100 valence electrons. The van der Waals surface area contributed by atoms with Crippen LogP contribution in [0.5, 0.6) is 0 Å². The lowest BCUT2D eigenvalue weighted by Crippen LogP contribution is -2.37. The molecular weight excluding hydrogens is 282 g/mol. The largest absolute Gasteiger partial charge is 0.481 e. The molecule has 0 aliphatic rings. The van der Waals surface area contributed by atoms with Crippen molar-refractivity contribution in [1.29, 1.82) is 0 Å². The van der Waals surface area contributed by atoms with E-state index < -0.39 is 23.3 Å². The van der Waals surface area contributed by atoms with Gasteiger partial charge in [0, 0.05) is 10.6 Å². The summed E-state index contributed by atoms with van der Waals surface area (Å²) in [6, 6.07) is 2.12. The highest BCUT2D eigenvalue weighted by Crippen LogP contribution is 2.38. The number of aliphatic hydroxyl groups is 1. The highest BCUT2D eigenvalue weighted by Gasteiger charge is 2.39. The van der Waals surface area contributed by atoms with E-state index in [0.717, 1.165) is 12.1 Å². The zero-order valence-corrected chi connectivity index (χ0v) is 11.4. The highest BCUT2D eigenvalue weighted by atomic mass is 35.5. The molecule has 0 radical (unpaired) electrons. The van der Waals surface area contributed by atoms with Crippen LogP contribution >= 0.6 is 23.2 Å². The minimum absolute atomic E-state index is 0.0142. The quantitative estimate of drug-likeness (QED) is 0.836. The minimum atomic E-state index is -1.77. The first kappa shape index (κ1) is 15.2. The molecule has 6 heteroatoms. The SMILES string of the molecule is CCC(C(=O)O)C(C)(O)c1cc(F)c(Cl)cc1Cl. The molecular formula is C12H13Cl2FO3. The Hall–Kier alpha value is -0.840. The van der Waals surface area contributed by atoms with Crippen LogP contribution in [0.25, 0.3) is 0 Å². The summed E-state index contributed by atoms with van der Waals surface area (Å²) in [6.07, 6.45) is 0.183. The molecule has 0 bridgehead atoms. The first-order valence-electron chi connectivity index (χ1n) is 5.32. The van der Waals surface area contributed by atoms with E-state index in [1.807, 2.05) is 0 Å². The predicted molar refractivity (Wildman–Crippen MR) is 67.4 cm³/mol. The third-order valence-corrected chi connectivity index (χ3v) is 3.54. The summed E-state index contributed by atoms with van der Waals surface area (Å²) in [5.74, 6) is -3.01. The van der Waals surface area contributed by atoms with Gasteiger partial charge in [-0.3, -0.25) is 4.79 Å². The number of rotatable bonds is 4. The van der Waals surface area contributed by atoms with Crippen LogP contribution < -0.4 is 0 Å². The maximum atomic E-state index is 13.4. The molecule has 0 aliphatic heterocycles. The Morgan fingerprint density at radius 1 is 1.44 bits per heavy atom. The molecule has 3 nitrogen and oxygen atoms in total. The molecule has 0 spiro atoms. The average Bonchev–Trinajstić information content (AvgIpc) is 2.23. The molecule has 18 heavy (non-hydrogen) atoms. The Morgan fingerprint density at radius 3 is 2.44 bits per heavy atom. The van der Waals surface area contributed by atoms with Gasteiger partial charge in [0.05, 0.1) is 10.9 Å². The number of carbonyl (C=O) groups is 1. The smallest absolute Gasteiger partial charge is 0.309 e. The van der Waals surface area contributed by atoms with Crippen LogP contribution in [0.1, 0.15) is 25.8 Å². The van der Waals surface area contributed by atoms with Crippen molar-refractivity contribution < 1.29 is 19.4 Å². The molecule has 0 saturated heterocycles. The average molecular weight is 295 g/mol. The normalized spacial score (nSPS) is 16.1. The van der Waals surface area contributed by atoms with Gasteiger partial charge in [0.1, 0.15) is 11.4 Å². The maximum Gasteiger partial charge on any atom is 0.309 e. The molecule has 0 amide bonds. The number of hydrogen-bond donors (Lipinski definition) is 2. The van der Waals surface area contributed by atoms with Gasteiger partial charge in [0.25, 0.3) is 0 Å². The standard InChI is InChI=1S/C12H13Cl2FO3/c1-3-6(11(16)17)12(2,18)7-4-10(15)9(14)5-8(7)13/h4-6,18H,3H2,1-2H3,(H,16,17). The number of hydrogen-bond acceptors (Lipinski definition) is 2. The third kappa shape index (κ3) is 2.76. The predicted octanol–water partition coefficient (Wildman–Crippen LogP) is 3.45. The number of carboxylic acid groups (broad SMARTS) is 1. The van der Waals surface area contributed by atoms with Gasteiger partial charge in [-0.05, 0) is 25.5 Å². The van der Waals surface area contributed by atoms with E-state index >= 15 is 0 Å². The summed E-state index contributed by atoms with van der Waals surface area (Å²) in [6.45, 7) is 2.91. The fourth-order valence-corrected chi connectivity index (χ4v) is 2.49. The molecule has 0 heterocycles. The topological polar surface area (TPSA) is 57.5 Å². The number of aliphatic carboxylic acids is 1. The van der Waals surface area contributed by atoms with E-state index in [-0.39, 0.29) is 22.0 Å². The molecule has 0 fully saturated rings. The molecule has 2 unspecified atom stereocenters. The highest BCUT2D eigenvalue weighted by molar-refractivity contribution is 6.35. The van der Waals surface area contributed by atoms with Gasteiger partial charge < -0.3 is 10.2 Å². The Balaban J connectivity index is 3.35. The van der Waals surface area contributed by atoms with Gasteiger partial charge in [0.2, 0.25) is 0 Å². The fourth-order valence-electron chi connectivity index (χ4n) is 1.91. The molecule has 0 aliphatic carbocycles.